The van der Waals surface area contributed by atoms with E-state index in [0.29, 0.717) is 35.9 Å². The first kappa shape index (κ1) is 16.3. The smallest absolute Gasteiger partial charge is 0.198 e. The number of fused-ring (bicyclic) bond motifs is 1. The molecular formula is C20H16N4OS. The van der Waals surface area contributed by atoms with Crippen LogP contribution >= 0.6 is 12.2 Å². The van der Waals surface area contributed by atoms with Crippen LogP contribution < -0.4 is 0 Å². The van der Waals surface area contributed by atoms with Gasteiger partial charge in [0.15, 0.2) is 16.4 Å². The number of furan rings is 1. The monoisotopic (exact) mass is 360 g/mol. The van der Waals surface area contributed by atoms with Gasteiger partial charge in [-0.25, -0.2) is 4.68 Å². The Labute approximate surface area is 155 Å². The summed E-state index contributed by atoms with van der Waals surface area (Å²) in [6.07, 6.45) is 0.357. The Morgan fingerprint density at radius 3 is 2.62 bits per heavy atom. The van der Waals surface area contributed by atoms with Gasteiger partial charge in [0.2, 0.25) is 0 Å². The number of rotatable bonds is 5. The van der Waals surface area contributed by atoms with Gasteiger partial charge in [-0.1, -0.05) is 48.5 Å². The molecule has 4 rings (SSSR count). The van der Waals surface area contributed by atoms with Crippen LogP contribution in [0, 0.1) is 16.1 Å². The number of aromatic nitrogens is 3. The van der Waals surface area contributed by atoms with Crippen molar-refractivity contribution in [3.63, 3.8) is 0 Å². The number of benzene rings is 2. The highest BCUT2D eigenvalue weighted by molar-refractivity contribution is 7.71. The van der Waals surface area contributed by atoms with Gasteiger partial charge < -0.3 is 4.42 Å². The molecule has 2 aromatic heterocycles. The zero-order valence-corrected chi connectivity index (χ0v) is 14.8. The number of aryl methyl sites for hydroxylation is 1. The van der Waals surface area contributed by atoms with Crippen molar-refractivity contribution < 1.29 is 4.42 Å². The average molecular weight is 360 g/mol. The van der Waals surface area contributed by atoms with E-state index < -0.39 is 0 Å². The largest absolute Gasteiger partial charge is 0.453 e. The molecule has 0 radical (unpaired) electrons. The fourth-order valence-corrected chi connectivity index (χ4v) is 3.21. The Kier molecular flexibility index (Phi) is 4.38. The Balaban J connectivity index is 1.83. The quantitative estimate of drug-likeness (QED) is 0.480. The van der Waals surface area contributed by atoms with Crippen LogP contribution in [0.5, 0.6) is 0 Å². The fourth-order valence-electron chi connectivity index (χ4n) is 2.93. The lowest BCUT2D eigenvalue weighted by atomic mass is 10.2. The summed E-state index contributed by atoms with van der Waals surface area (Å²) in [4.78, 5) is 0. The second-order valence-corrected chi connectivity index (χ2v) is 6.32. The Hall–Kier alpha value is -3.17. The zero-order valence-electron chi connectivity index (χ0n) is 14.0. The second kappa shape index (κ2) is 6.98. The number of nitriles is 1. The van der Waals surface area contributed by atoms with Crippen molar-refractivity contribution in [3.05, 3.63) is 71.0 Å². The molecule has 2 aromatic carbocycles. The molecular weight excluding hydrogens is 344 g/mol. The Morgan fingerprint density at radius 1 is 1.08 bits per heavy atom. The van der Waals surface area contributed by atoms with Gasteiger partial charge in [0.1, 0.15) is 5.58 Å². The summed E-state index contributed by atoms with van der Waals surface area (Å²) in [5, 5.41) is 14.6. The minimum atomic E-state index is 0.357. The standard InChI is InChI=1S/C20H16N4OS/c21-11-6-12-24-20(26)23(14-15-7-2-1-3-8-15)19(22-24)18-13-16-9-4-5-10-17(16)25-18/h1-5,7-10,13H,6,12,14H2. The van der Waals surface area contributed by atoms with Gasteiger partial charge in [0, 0.05) is 5.39 Å². The van der Waals surface area contributed by atoms with Gasteiger partial charge in [-0.05, 0) is 29.9 Å². The van der Waals surface area contributed by atoms with E-state index in [1.807, 2.05) is 53.1 Å². The molecule has 0 aliphatic rings. The molecule has 0 spiro atoms. The summed E-state index contributed by atoms with van der Waals surface area (Å²) < 4.78 is 10.2. The number of hydrogen-bond donors (Lipinski definition) is 0. The van der Waals surface area contributed by atoms with E-state index in [1.54, 1.807) is 4.68 Å². The van der Waals surface area contributed by atoms with Crippen molar-refractivity contribution in [2.45, 2.75) is 19.5 Å². The maximum Gasteiger partial charge on any atom is 0.198 e. The van der Waals surface area contributed by atoms with Gasteiger partial charge in [0.05, 0.1) is 25.6 Å². The van der Waals surface area contributed by atoms with E-state index in [0.717, 1.165) is 16.5 Å². The van der Waals surface area contributed by atoms with Crippen molar-refractivity contribution in [2.24, 2.45) is 0 Å². The van der Waals surface area contributed by atoms with Crippen molar-refractivity contribution in [1.29, 1.82) is 5.26 Å². The van der Waals surface area contributed by atoms with Crippen molar-refractivity contribution in [1.82, 2.24) is 14.3 Å². The molecule has 0 amide bonds. The van der Waals surface area contributed by atoms with Crippen LogP contribution in [0.2, 0.25) is 0 Å². The van der Waals surface area contributed by atoms with E-state index in [2.05, 4.69) is 23.3 Å². The predicted molar refractivity (Wildman–Crippen MR) is 102 cm³/mol. The van der Waals surface area contributed by atoms with Crippen molar-refractivity contribution >= 4 is 23.2 Å². The molecule has 0 unspecified atom stereocenters. The van der Waals surface area contributed by atoms with Crippen LogP contribution in [-0.4, -0.2) is 14.3 Å². The molecule has 0 N–H and O–H groups in total. The molecule has 2 heterocycles. The summed E-state index contributed by atoms with van der Waals surface area (Å²) in [5.74, 6) is 1.34. The molecule has 26 heavy (non-hydrogen) atoms. The third kappa shape index (κ3) is 3.05. The third-order valence-corrected chi connectivity index (χ3v) is 4.62. The highest BCUT2D eigenvalue weighted by Gasteiger charge is 2.17. The minimum Gasteiger partial charge on any atom is -0.453 e. The molecule has 0 saturated heterocycles. The number of nitrogens with zero attached hydrogens (tertiary/aromatic N) is 4. The van der Waals surface area contributed by atoms with E-state index >= 15 is 0 Å². The molecule has 0 bridgehead atoms. The lowest BCUT2D eigenvalue weighted by molar-refractivity contribution is 0.603. The lowest BCUT2D eigenvalue weighted by Crippen LogP contribution is -2.04. The van der Waals surface area contributed by atoms with Crippen LogP contribution in [0.15, 0.2) is 65.1 Å². The Morgan fingerprint density at radius 2 is 1.85 bits per heavy atom. The molecule has 5 nitrogen and oxygen atoms in total. The van der Waals surface area contributed by atoms with Crippen LogP contribution in [0.4, 0.5) is 0 Å². The highest BCUT2D eigenvalue weighted by Crippen LogP contribution is 2.27. The zero-order chi connectivity index (χ0) is 17.9. The molecule has 4 aromatic rings. The van der Waals surface area contributed by atoms with Crippen LogP contribution in [-0.2, 0) is 13.1 Å². The predicted octanol–water partition coefficient (Wildman–Crippen LogP) is 4.79. The normalized spacial score (nSPS) is 10.9. The first-order chi connectivity index (χ1) is 12.8. The molecule has 6 heteroatoms. The molecule has 128 valence electrons. The van der Waals surface area contributed by atoms with Gasteiger partial charge in [0.25, 0.3) is 0 Å². The first-order valence-corrected chi connectivity index (χ1v) is 8.74. The fraction of sp³-hybridized carbons (Fsp3) is 0.150. The molecule has 0 fully saturated rings. The average Bonchev–Trinajstić information content (AvgIpc) is 3.23. The van der Waals surface area contributed by atoms with Gasteiger partial charge in [-0.15, -0.1) is 5.10 Å². The van der Waals surface area contributed by atoms with Crippen molar-refractivity contribution in [3.8, 4) is 17.7 Å². The SMILES string of the molecule is N#CCCn1nc(-c2cc3ccccc3o2)n(Cc2ccccc2)c1=S. The summed E-state index contributed by atoms with van der Waals surface area (Å²) >= 11 is 5.62. The van der Waals surface area contributed by atoms with E-state index in [-0.39, 0.29) is 0 Å². The maximum absolute atomic E-state index is 8.89. The molecule has 0 aliphatic heterocycles. The topological polar surface area (TPSA) is 59.7 Å². The summed E-state index contributed by atoms with van der Waals surface area (Å²) in [6, 6.07) is 22.1. The van der Waals surface area contributed by atoms with Gasteiger partial charge in [-0.2, -0.15) is 5.26 Å². The van der Waals surface area contributed by atoms with Crippen LogP contribution in [0.25, 0.3) is 22.6 Å². The van der Waals surface area contributed by atoms with E-state index in [4.69, 9.17) is 21.9 Å². The minimum absolute atomic E-state index is 0.357. The van der Waals surface area contributed by atoms with Gasteiger partial charge >= 0.3 is 0 Å². The summed E-state index contributed by atoms with van der Waals surface area (Å²) in [7, 11) is 0. The number of hydrogen-bond acceptors (Lipinski definition) is 4. The van der Waals surface area contributed by atoms with E-state index in [1.165, 1.54) is 0 Å². The molecule has 0 atom stereocenters. The van der Waals surface area contributed by atoms with E-state index in [9.17, 15) is 0 Å². The molecule has 0 saturated carbocycles. The molecule has 0 aliphatic carbocycles. The summed E-state index contributed by atoms with van der Waals surface area (Å²) in [5.41, 5.74) is 1.94. The lowest BCUT2D eigenvalue weighted by Gasteiger charge is -2.05. The number of para-hydroxylation sites is 1. The maximum atomic E-state index is 8.89. The first-order valence-electron chi connectivity index (χ1n) is 8.34. The summed E-state index contributed by atoms with van der Waals surface area (Å²) in [6.45, 7) is 1.06. The van der Waals surface area contributed by atoms with Crippen LogP contribution in [0.3, 0.4) is 0 Å². The Bertz CT molecular complexity index is 1110. The van der Waals surface area contributed by atoms with Gasteiger partial charge in [-0.3, -0.25) is 4.57 Å². The van der Waals surface area contributed by atoms with Crippen LogP contribution in [0.1, 0.15) is 12.0 Å². The van der Waals surface area contributed by atoms with Crippen molar-refractivity contribution in [2.75, 3.05) is 0 Å². The second-order valence-electron chi connectivity index (χ2n) is 5.96. The highest BCUT2D eigenvalue weighted by atomic mass is 32.1. The third-order valence-electron chi connectivity index (χ3n) is 4.19.